The first-order valence-electron chi connectivity index (χ1n) is 8.80. The molecule has 0 bridgehead atoms. The van der Waals surface area contributed by atoms with E-state index in [-0.39, 0.29) is 17.9 Å². The Morgan fingerprint density at radius 1 is 1.15 bits per heavy atom. The Balaban J connectivity index is 1.38. The zero-order chi connectivity index (χ0) is 18.1. The maximum Gasteiger partial charge on any atom is 0.268 e. The molecule has 0 saturated carbocycles. The number of furan rings is 1. The highest BCUT2D eigenvalue weighted by atomic mass is 16.3. The predicted molar refractivity (Wildman–Crippen MR) is 98.0 cm³/mol. The van der Waals surface area contributed by atoms with Gasteiger partial charge in [-0.05, 0) is 31.0 Å². The van der Waals surface area contributed by atoms with Crippen LogP contribution in [0.3, 0.4) is 0 Å². The molecule has 6 heteroatoms. The molecular weight excluding hydrogens is 330 g/mol. The summed E-state index contributed by atoms with van der Waals surface area (Å²) in [5, 5.41) is 4.17. The van der Waals surface area contributed by atoms with E-state index in [4.69, 9.17) is 4.42 Å². The lowest BCUT2D eigenvalue weighted by atomic mass is 10.0. The topological polar surface area (TPSA) is 67.5 Å². The van der Waals surface area contributed by atoms with Crippen molar-refractivity contribution in [1.29, 1.82) is 0 Å². The van der Waals surface area contributed by atoms with Crippen LogP contribution >= 0.6 is 0 Å². The lowest BCUT2D eigenvalue weighted by Gasteiger charge is -2.32. The van der Waals surface area contributed by atoms with E-state index in [9.17, 15) is 9.59 Å². The number of benzene rings is 1. The van der Waals surface area contributed by atoms with Gasteiger partial charge in [0.05, 0.1) is 11.8 Å². The van der Waals surface area contributed by atoms with Gasteiger partial charge in [0.1, 0.15) is 12.0 Å². The second kappa shape index (κ2) is 6.71. The molecule has 0 unspecified atom stereocenters. The first-order valence-corrected chi connectivity index (χ1v) is 8.80. The molecule has 1 aliphatic heterocycles. The van der Waals surface area contributed by atoms with E-state index in [0.717, 1.165) is 23.7 Å². The number of amides is 2. The van der Waals surface area contributed by atoms with Crippen molar-refractivity contribution in [2.24, 2.45) is 7.05 Å². The van der Waals surface area contributed by atoms with Gasteiger partial charge in [0, 0.05) is 37.1 Å². The summed E-state index contributed by atoms with van der Waals surface area (Å²) in [5.41, 5.74) is 2.27. The number of aryl methyl sites for hydroxylation is 1. The molecule has 0 atom stereocenters. The highest BCUT2D eigenvalue weighted by Crippen LogP contribution is 2.19. The fourth-order valence-corrected chi connectivity index (χ4v) is 3.56. The molecule has 1 aliphatic rings. The summed E-state index contributed by atoms with van der Waals surface area (Å²) in [7, 11) is 1.91. The summed E-state index contributed by atoms with van der Waals surface area (Å²) in [4.78, 5) is 26.8. The summed E-state index contributed by atoms with van der Waals surface area (Å²) in [6, 6.07) is 11.6. The second-order valence-electron chi connectivity index (χ2n) is 6.70. The van der Waals surface area contributed by atoms with Crippen LogP contribution in [0.25, 0.3) is 10.9 Å². The van der Waals surface area contributed by atoms with Crippen LogP contribution < -0.4 is 5.32 Å². The van der Waals surface area contributed by atoms with Crippen molar-refractivity contribution in [2.75, 3.05) is 13.1 Å². The zero-order valence-electron chi connectivity index (χ0n) is 14.6. The zero-order valence-corrected chi connectivity index (χ0v) is 14.6. The first kappa shape index (κ1) is 16.4. The van der Waals surface area contributed by atoms with E-state index in [2.05, 4.69) is 5.32 Å². The maximum atomic E-state index is 12.7. The summed E-state index contributed by atoms with van der Waals surface area (Å²) in [5.74, 6) is -0.0829. The van der Waals surface area contributed by atoms with Crippen LogP contribution in [0.5, 0.6) is 0 Å². The van der Waals surface area contributed by atoms with Gasteiger partial charge in [0.15, 0.2) is 0 Å². The number of carbonyl (C=O) groups excluding carboxylic acids is 2. The minimum absolute atomic E-state index is 0.0165. The Morgan fingerprint density at radius 3 is 2.62 bits per heavy atom. The number of carbonyl (C=O) groups is 2. The molecule has 6 nitrogen and oxygen atoms in total. The minimum atomic E-state index is -0.0664. The fraction of sp³-hybridized carbons (Fsp3) is 0.300. The molecule has 2 aromatic heterocycles. The molecular formula is C20H21N3O3. The van der Waals surface area contributed by atoms with Crippen molar-refractivity contribution >= 4 is 22.7 Å². The van der Waals surface area contributed by atoms with Crippen molar-refractivity contribution in [3.63, 3.8) is 0 Å². The average molecular weight is 351 g/mol. The number of para-hydroxylation sites is 1. The van der Waals surface area contributed by atoms with Gasteiger partial charge in [-0.2, -0.15) is 0 Å². The summed E-state index contributed by atoms with van der Waals surface area (Å²) in [6.07, 6.45) is 4.47. The maximum absolute atomic E-state index is 12.7. The van der Waals surface area contributed by atoms with Gasteiger partial charge >= 0.3 is 0 Å². The second-order valence-corrected chi connectivity index (χ2v) is 6.70. The van der Waals surface area contributed by atoms with Crippen LogP contribution in [0.4, 0.5) is 0 Å². The summed E-state index contributed by atoms with van der Waals surface area (Å²) < 4.78 is 6.90. The SMILES string of the molecule is Cn1c(C(=O)NC2CCN(C(=O)c3ccoc3)CC2)cc2ccccc21. The molecule has 0 aliphatic carbocycles. The van der Waals surface area contributed by atoms with E-state index < -0.39 is 0 Å². The van der Waals surface area contributed by atoms with Gasteiger partial charge in [0.25, 0.3) is 11.8 Å². The molecule has 0 radical (unpaired) electrons. The van der Waals surface area contributed by atoms with E-state index >= 15 is 0 Å². The third kappa shape index (κ3) is 2.98. The van der Waals surface area contributed by atoms with Gasteiger partial charge in [-0.3, -0.25) is 9.59 Å². The van der Waals surface area contributed by atoms with E-state index in [0.29, 0.717) is 24.3 Å². The molecule has 4 rings (SSSR count). The predicted octanol–water partition coefficient (Wildman–Crippen LogP) is 2.81. The van der Waals surface area contributed by atoms with E-state index in [1.165, 1.54) is 12.5 Å². The average Bonchev–Trinajstić information content (AvgIpc) is 3.31. The van der Waals surface area contributed by atoms with Crippen LogP contribution in [-0.2, 0) is 7.05 Å². The summed E-state index contributed by atoms with van der Waals surface area (Å²) in [6.45, 7) is 1.26. The third-order valence-electron chi connectivity index (χ3n) is 5.07. The smallest absolute Gasteiger partial charge is 0.268 e. The Labute approximate surface area is 151 Å². The van der Waals surface area contributed by atoms with Gasteiger partial charge in [-0.1, -0.05) is 18.2 Å². The van der Waals surface area contributed by atoms with Crippen LogP contribution in [0.2, 0.25) is 0 Å². The largest absolute Gasteiger partial charge is 0.472 e. The Morgan fingerprint density at radius 2 is 1.92 bits per heavy atom. The first-order chi connectivity index (χ1) is 12.6. The molecule has 26 heavy (non-hydrogen) atoms. The minimum Gasteiger partial charge on any atom is -0.472 e. The van der Waals surface area contributed by atoms with Crippen molar-refractivity contribution in [3.05, 3.63) is 60.2 Å². The van der Waals surface area contributed by atoms with Crippen molar-refractivity contribution in [2.45, 2.75) is 18.9 Å². The number of likely N-dealkylation sites (tertiary alicyclic amines) is 1. The number of hydrogen-bond donors (Lipinski definition) is 1. The normalized spacial score (nSPS) is 15.3. The molecule has 3 aromatic rings. The number of nitrogens with zero attached hydrogens (tertiary/aromatic N) is 2. The highest BCUT2D eigenvalue weighted by Gasteiger charge is 2.26. The molecule has 1 aromatic carbocycles. The quantitative estimate of drug-likeness (QED) is 0.789. The van der Waals surface area contributed by atoms with E-state index in [1.54, 1.807) is 6.07 Å². The van der Waals surface area contributed by atoms with Gasteiger partial charge in [-0.25, -0.2) is 0 Å². The number of rotatable bonds is 3. The van der Waals surface area contributed by atoms with Gasteiger partial charge < -0.3 is 19.2 Å². The van der Waals surface area contributed by atoms with Gasteiger partial charge in [-0.15, -0.1) is 0 Å². The molecule has 0 spiro atoms. The lowest BCUT2D eigenvalue weighted by molar-refractivity contribution is 0.0697. The van der Waals surface area contributed by atoms with E-state index in [1.807, 2.05) is 46.8 Å². The molecule has 1 saturated heterocycles. The summed E-state index contributed by atoms with van der Waals surface area (Å²) >= 11 is 0. The number of fused-ring (bicyclic) bond motifs is 1. The monoisotopic (exact) mass is 351 g/mol. The van der Waals surface area contributed by atoms with Crippen LogP contribution in [-0.4, -0.2) is 40.4 Å². The number of nitrogens with one attached hydrogen (secondary N) is 1. The number of piperidine rings is 1. The van der Waals surface area contributed by atoms with Crippen molar-refractivity contribution < 1.29 is 14.0 Å². The number of aromatic nitrogens is 1. The Kier molecular flexibility index (Phi) is 4.24. The fourth-order valence-electron chi connectivity index (χ4n) is 3.56. The van der Waals surface area contributed by atoms with Crippen LogP contribution in [0, 0.1) is 0 Å². The van der Waals surface area contributed by atoms with Crippen molar-refractivity contribution in [3.8, 4) is 0 Å². The molecule has 2 amide bonds. The molecule has 3 heterocycles. The van der Waals surface area contributed by atoms with Crippen molar-refractivity contribution in [1.82, 2.24) is 14.8 Å². The molecule has 1 N–H and O–H groups in total. The standard InChI is InChI=1S/C20H21N3O3/c1-22-17-5-3-2-4-14(17)12-18(22)19(24)21-16-6-9-23(10-7-16)20(25)15-8-11-26-13-15/h2-5,8,11-13,16H,6-7,9-10H2,1H3,(H,21,24). The van der Waals surface area contributed by atoms with Gasteiger partial charge in [0.2, 0.25) is 0 Å². The van der Waals surface area contributed by atoms with Crippen LogP contribution in [0.15, 0.2) is 53.3 Å². The molecule has 134 valence electrons. The lowest BCUT2D eigenvalue weighted by Crippen LogP contribution is -2.46. The van der Waals surface area contributed by atoms with Crippen LogP contribution in [0.1, 0.15) is 33.7 Å². The molecule has 1 fully saturated rings. The Bertz CT molecular complexity index is 935. The number of hydrogen-bond acceptors (Lipinski definition) is 3. The Hall–Kier alpha value is -3.02. The third-order valence-corrected chi connectivity index (χ3v) is 5.07. The highest BCUT2D eigenvalue weighted by molar-refractivity contribution is 5.99.